The lowest BCUT2D eigenvalue weighted by molar-refractivity contribution is 0.0948. The van der Waals surface area contributed by atoms with Crippen LogP contribution in [0, 0.1) is 0 Å². The number of methoxy groups -OCH3 is 2. The van der Waals surface area contributed by atoms with Crippen molar-refractivity contribution in [3.05, 3.63) is 88.4 Å². The van der Waals surface area contributed by atoms with Crippen molar-refractivity contribution < 1.29 is 19.0 Å². The van der Waals surface area contributed by atoms with Crippen LogP contribution >= 0.6 is 11.6 Å². The molecule has 0 aromatic heterocycles. The van der Waals surface area contributed by atoms with Gasteiger partial charge < -0.3 is 19.5 Å². The molecule has 0 unspecified atom stereocenters. The number of nitrogens with one attached hydrogen (secondary N) is 1. The van der Waals surface area contributed by atoms with E-state index in [2.05, 4.69) is 5.32 Å². The van der Waals surface area contributed by atoms with Crippen LogP contribution in [-0.2, 0) is 13.0 Å². The molecule has 0 spiro atoms. The Morgan fingerprint density at radius 3 is 2.35 bits per heavy atom. The first-order chi connectivity index (χ1) is 15.1. The molecule has 1 amide bonds. The third kappa shape index (κ3) is 6.40. The van der Waals surface area contributed by atoms with Gasteiger partial charge in [0.15, 0.2) is 11.5 Å². The molecule has 1 N–H and O–H groups in total. The van der Waals surface area contributed by atoms with Crippen molar-refractivity contribution in [3.8, 4) is 17.2 Å². The molecule has 0 saturated heterocycles. The predicted octanol–water partition coefficient (Wildman–Crippen LogP) is 5.30. The van der Waals surface area contributed by atoms with Gasteiger partial charge in [-0.1, -0.05) is 48.0 Å². The van der Waals surface area contributed by atoms with Crippen molar-refractivity contribution >= 4 is 17.5 Å². The minimum absolute atomic E-state index is 0.210. The molecule has 0 aliphatic rings. The van der Waals surface area contributed by atoms with E-state index in [-0.39, 0.29) is 5.91 Å². The zero-order chi connectivity index (χ0) is 22.1. The molecule has 0 radical (unpaired) electrons. The van der Waals surface area contributed by atoms with E-state index in [4.69, 9.17) is 25.8 Å². The van der Waals surface area contributed by atoms with Crippen LogP contribution in [0.3, 0.4) is 0 Å². The summed E-state index contributed by atoms with van der Waals surface area (Å²) >= 11 is 6.12. The lowest BCUT2D eigenvalue weighted by Crippen LogP contribution is -2.25. The van der Waals surface area contributed by atoms with Gasteiger partial charge in [-0.15, -0.1) is 0 Å². The predicted molar refractivity (Wildman–Crippen MR) is 122 cm³/mol. The molecule has 0 heterocycles. The first-order valence-corrected chi connectivity index (χ1v) is 10.4. The molecule has 0 aliphatic heterocycles. The van der Waals surface area contributed by atoms with E-state index in [1.807, 2.05) is 48.5 Å². The molecule has 0 aliphatic carbocycles. The van der Waals surface area contributed by atoms with Crippen molar-refractivity contribution in [1.29, 1.82) is 0 Å². The zero-order valence-corrected chi connectivity index (χ0v) is 18.4. The Morgan fingerprint density at radius 2 is 1.61 bits per heavy atom. The number of hydrogen-bond donors (Lipinski definition) is 1. The highest BCUT2D eigenvalue weighted by atomic mass is 35.5. The Bertz CT molecular complexity index is 1010. The lowest BCUT2D eigenvalue weighted by Gasteiger charge is -2.13. The van der Waals surface area contributed by atoms with Crippen LogP contribution in [0.1, 0.15) is 27.9 Å². The minimum Gasteiger partial charge on any atom is -0.493 e. The maximum Gasteiger partial charge on any atom is 0.255 e. The lowest BCUT2D eigenvalue weighted by atomic mass is 10.1. The summed E-state index contributed by atoms with van der Waals surface area (Å²) in [5, 5.41) is 3.44. The van der Waals surface area contributed by atoms with Crippen molar-refractivity contribution in [2.24, 2.45) is 0 Å². The highest BCUT2D eigenvalue weighted by Gasteiger charge is 2.13. The molecule has 0 saturated carbocycles. The first kappa shape index (κ1) is 22.5. The second-order valence-electron chi connectivity index (χ2n) is 6.96. The highest BCUT2D eigenvalue weighted by Crippen LogP contribution is 2.28. The SMILES string of the molecule is COc1ccc(CCCNC(=O)c2cc(Cl)ccc2OCc2ccccc2)cc1OC. The van der Waals surface area contributed by atoms with Crippen LogP contribution in [0.5, 0.6) is 17.2 Å². The quantitative estimate of drug-likeness (QED) is 0.435. The molecule has 162 valence electrons. The number of amides is 1. The molecule has 6 heteroatoms. The van der Waals surface area contributed by atoms with Gasteiger partial charge in [-0.25, -0.2) is 0 Å². The van der Waals surface area contributed by atoms with Crippen LogP contribution in [0.25, 0.3) is 0 Å². The number of carbonyl (C=O) groups excluding carboxylic acids is 1. The number of aryl methyl sites for hydroxylation is 1. The van der Waals surface area contributed by atoms with Crippen molar-refractivity contribution in [2.45, 2.75) is 19.4 Å². The average Bonchev–Trinajstić information content (AvgIpc) is 2.81. The number of hydrogen-bond acceptors (Lipinski definition) is 4. The first-order valence-electron chi connectivity index (χ1n) is 10.1. The fourth-order valence-corrected chi connectivity index (χ4v) is 3.34. The van der Waals surface area contributed by atoms with Gasteiger partial charge in [-0.3, -0.25) is 4.79 Å². The van der Waals surface area contributed by atoms with Crippen LogP contribution in [0.15, 0.2) is 66.7 Å². The van der Waals surface area contributed by atoms with E-state index in [0.29, 0.717) is 41.0 Å². The van der Waals surface area contributed by atoms with Crippen LogP contribution in [0.4, 0.5) is 0 Å². The summed E-state index contributed by atoms with van der Waals surface area (Å²) in [5.41, 5.74) is 2.56. The summed E-state index contributed by atoms with van der Waals surface area (Å²) in [4.78, 5) is 12.7. The van der Waals surface area contributed by atoms with Gasteiger partial charge in [0.2, 0.25) is 0 Å². The third-order valence-corrected chi connectivity index (χ3v) is 5.03. The number of ether oxygens (including phenoxy) is 3. The normalized spacial score (nSPS) is 10.4. The molecule has 3 rings (SSSR count). The Kier molecular flexibility index (Phi) is 8.19. The van der Waals surface area contributed by atoms with Gasteiger partial charge >= 0.3 is 0 Å². The fourth-order valence-electron chi connectivity index (χ4n) is 3.17. The average molecular weight is 440 g/mol. The number of rotatable bonds is 10. The molecule has 3 aromatic rings. The minimum atomic E-state index is -0.210. The Balaban J connectivity index is 1.56. The molecular weight excluding hydrogens is 414 g/mol. The monoisotopic (exact) mass is 439 g/mol. The molecule has 0 atom stereocenters. The van der Waals surface area contributed by atoms with Gasteiger partial charge in [0, 0.05) is 11.6 Å². The smallest absolute Gasteiger partial charge is 0.255 e. The van der Waals surface area contributed by atoms with E-state index in [1.54, 1.807) is 32.4 Å². The van der Waals surface area contributed by atoms with Crippen molar-refractivity contribution in [3.63, 3.8) is 0 Å². The summed E-state index contributed by atoms with van der Waals surface area (Å²) in [6.45, 7) is 0.903. The number of carbonyl (C=O) groups is 1. The molecule has 0 bridgehead atoms. The van der Waals surface area contributed by atoms with E-state index < -0.39 is 0 Å². The largest absolute Gasteiger partial charge is 0.493 e. The second kappa shape index (κ2) is 11.3. The summed E-state index contributed by atoms with van der Waals surface area (Å²) in [5.74, 6) is 1.69. The van der Waals surface area contributed by atoms with E-state index >= 15 is 0 Å². The zero-order valence-electron chi connectivity index (χ0n) is 17.7. The van der Waals surface area contributed by atoms with Crippen LogP contribution in [-0.4, -0.2) is 26.7 Å². The Hall–Kier alpha value is -3.18. The topological polar surface area (TPSA) is 56.8 Å². The summed E-state index contributed by atoms with van der Waals surface area (Å²) < 4.78 is 16.5. The fraction of sp³-hybridized carbons (Fsp3) is 0.240. The van der Waals surface area contributed by atoms with E-state index in [0.717, 1.165) is 24.0 Å². The molecule has 5 nitrogen and oxygen atoms in total. The summed E-state index contributed by atoms with van der Waals surface area (Å²) in [6, 6.07) is 20.7. The Labute approximate surface area is 187 Å². The van der Waals surface area contributed by atoms with Crippen LogP contribution in [0.2, 0.25) is 5.02 Å². The third-order valence-electron chi connectivity index (χ3n) is 4.80. The number of benzene rings is 3. The van der Waals surface area contributed by atoms with Gasteiger partial charge in [-0.2, -0.15) is 0 Å². The molecule has 0 fully saturated rings. The standard InChI is InChI=1S/C25H26ClNO4/c1-29-23-12-10-18(15-24(23)30-2)9-6-14-27-25(28)21-16-20(26)11-13-22(21)31-17-19-7-4-3-5-8-19/h3-5,7-8,10-13,15-16H,6,9,14,17H2,1-2H3,(H,27,28). The van der Waals surface area contributed by atoms with Crippen molar-refractivity contribution in [1.82, 2.24) is 5.32 Å². The van der Waals surface area contributed by atoms with Gasteiger partial charge in [0.05, 0.1) is 19.8 Å². The van der Waals surface area contributed by atoms with E-state index in [1.165, 1.54) is 0 Å². The van der Waals surface area contributed by atoms with Crippen LogP contribution < -0.4 is 19.5 Å². The van der Waals surface area contributed by atoms with Gasteiger partial charge in [-0.05, 0) is 54.3 Å². The molecule has 3 aromatic carbocycles. The Morgan fingerprint density at radius 1 is 0.871 bits per heavy atom. The maximum atomic E-state index is 12.7. The van der Waals surface area contributed by atoms with Gasteiger partial charge in [0.1, 0.15) is 12.4 Å². The molecular formula is C25H26ClNO4. The number of halogens is 1. The highest BCUT2D eigenvalue weighted by molar-refractivity contribution is 6.31. The summed E-state index contributed by atoms with van der Waals surface area (Å²) in [7, 11) is 3.23. The second-order valence-corrected chi connectivity index (χ2v) is 7.40. The maximum absolute atomic E-state index is 12.7. The molecule has 31 heavy (non-hydrogen) atoms. The van der Waals surface area contributed by atoms with Gasteiger partial charge in [0.25, 0.3) is 5.91 Å². The summed E-state index contributed by atoms with van der Waals surface area (Å²) in [6.07, 6.45) is 1.58. The van der Waals surface area contributed by atoms with Crippen molar-refractivity contribution in [2.75, 3.05) is 20.8 Å². The van der Waals surface area contributed by atoms with E-state index in [9.17, 15) is 4.79 Å².